The van der Waals surface area contributed by atoms with Crippen LogP contribution in [0.4, 0.5) is 0 Å². The maximum atomic E-state index is 6.92. The Balaban J connectivity index is 0.000000268. The maximum absolute atomic E-state index is 6.92. The average Bonchev–Trinajstić information content (AvgIpc) is 3.65. The van der Waals surface area contributed by atoms with Crippen molar-refractivity contribution in [3.05, 3.63) is 200 Å². The van der Waals surface area contributed by atoms with Crippen molar-refractivity contribution in [1.82, 2.24) is 15.0 Å². The minimum atomic E-state index is 0. The molecule has 0 aliphatic rings. The van der Waals surface area contributed by atoms with Crippen molar-refractivity contribution < 1.29 is 24.5 Å². The zero-order valence-electron chi connectivity index (χ0n) is 30.8. The number of aromatic nitrogens is 3. The molecule has 271 valence electrons. The molecule has 4 heterocycles. The van der Waals surface area contributed by atoms with E-state index in [2.05, 4.69) is 126 Å². The number of furan rings is 1. The summed E-state index contributed by atoms with van der Waals surface area (Å²) >= 11 is 0. The zero-order chi connectivity index (χ0) is 37.1. The fraction of sp³-hybridized carbons (Fsp3) is 0.0392. The van der Waals surface area contributed by atoms with Gasteiger partial charge in [0.2, 0.25) is 0 Å². The maximum Gasteiger partial charge on any atom is 0.129 e. The van der Waals surface area contributed by atoms with Gasteiger partial charge in [0.25, 0.3) is 0 Å². The number of nitrogens with zero attached hydrogens (tertiary/aromatic N) is 3. The molecular weight excluding hydrogens is 863 g/mol. The van der Waals surface area contributed by atoms with E-state index < -0.39 is 0 Å². The largest absolute Gasteiger partial charge is 0.500 e. The van der Waals surface area contributed by atoms with E-state index >= 15 is 0 Å². The van der Waals surface area contributed by atoms with Gasteiger partial charge in [-0.3, -0.25) is 4.98 Å². The minimum Gasteiger partial charge on any atom is -0.500 e. The Hall–Kier alpha value is -6.52. The van der Waals surface area contributed by atoms with Crippen LogP contribution in [0, 0.1) is 26.0 Å². The van der Waals surface area contributed by atoms with Crippen LogP contribution in [0.15, 0.2) is 181 Å². The van der Waals surface area contributed by atoms with Crippen molar-refractivity contribution >= 4 is 32.7 Å². The summed E-state index contributed by atoms with van der Waals surface area (Å²) in [5, 5.41) is 4.42. The summed E-state index contributed by atoms with van der Waals surface area (Å²) in [4.78, 5) is 13.6. The van der Waals surface area contributed by atoms with E-state index in [0.29, 0.717) is 0 Å². The summed E-state index contributed by atoms with van der Waals surface area (Å²) in [6, 6.07) is 58.5. The predicted molar refractivity (Wildman–Crippen MR) is 225 cm³/mol. The van der Waals surface area contributed by atoms with Crippen LogP contribution < -0.4 is 0 Å². The molecular formula is C51H35IrN3O-2. The van der Waals surface area contributed by atoms with Crippen LogP contribution in [-0.2, 0) is 20.1 Å². The second-order valence-corrected chi connectivity index (χ2v) is 13.6. The van der Waals surface area contributed by atoms with Gasteiger partial charge < -0.3 is 14.4 Å². The molecule has 0 unspecified atom stereocenters. The van der Waals surface area contributed by atoms with Gasteiger partial charge >= 0.3 is 0 Å². The van der Waals surface area contributed by atoms with Gasteiger partial charge in [-0.15, -0.1) is 54.1 Å². The standard InChI is InChI=1S/C39H25N2O.C12H10N.Ir/c1-25-23-40-24-35-29(25)14-8-15-31(35)32-19-18-30(27-12-6-3-7-13-27)37-34-17-9-16-33(38(34)42-39(32)37)36-22-28(20-21-41-36)26-10-4-2-5-11-26;1-10-7-8-12(13-9-10)11-5-3-2-4-6-11;/h2-15,17-24H,1H3;2-5,7-9H,1H3;/q2*-1;. The Morgan fingerprint density at radius 3 is 2.05 bits per heavy atom. The van der Waals surface area contributed by atoms with E-state index in [9.17, 15) is 0 Å². The third-order valence-corrected chi connectivity index (χ3v) is 9.98. The van der Waals surface area contributed by atoms with E-state index in [4.69, 9.17) is 9.40 Å². The second-order valence-electron chi connectivity index (χ2n) is 13.6. The predicted octanol–water partition coefficient (Wildman–Crippen LogP) is 13.2. The van der Waals surface area contributed by atoms with Crippen molar-refractivity contribution in [2.75, 3.05) is 0 Å². The summed E-state index contributed by atoms with van der Waals surface area (Å²) in [5.74, 6) is 0. The Morgan fingerprint density at radius 2 is 1.29 bits per heavy atom. The zero-order valence-corrected chi connectivity index (χ0v) is 33.2. The molecule has 0 atom stereocenters. The third kappa shape index (κ3) is 7.07. The van der Waals surface area contributed by atoms with E-state index in [0.717, 1.165) is 88.8 Å². The normalized spacial score (nSPS) is 10.9. The first-order chi connectivity index (χ1) is 27.1. The van der Waals surface area contributed by atoms with Crippen molar-refractivity contribution in [2.24, 2.45) is 0 Å². The van der Waals surface area contributed by atoms with Crippen molar-refractivity contribution in [1.29, 1.82) is 0 Å². The smallest absolute Gasteiger partial charge is 0.129 e. The van der Waals surface area contributed by atoms with Crippen LogP contribution in [0.3, 0.4) is 0 Å². The van der Waals surface area contributed by atoms with E-state index in [1.807, 2.05) is 86.3 Å². The molecule has 1 radical (unpaired) electrons. The van der Waals surface area contributed by atoms with E-state index in [1.54, 1.807) is 0 Å². The van der Waals surface area contributed by atoms with Crippen LogP contribution in [0.2, 0.25) is 0 Å². The van der Waals surface area contributed by atoms with Crippen molar-refractivity contribution in [3.63, 3.8) is 0 Å². The molecule has 10 aromatic rings. The first-order valence-corrected chi connectivity index (χ1v) is 18.3. The molecule has 0 spiro atoms. The monoisotopic (exact) mass is 898 g/mol. The quantitative estimate of drug-likeness (QED) is 0.162. The molecule has 0 saturated carbocycles. The molecule has 6 aromatic carbocycles. The van der Waals surface area contributed by atoms with Crippen LogP contribution in [0.5, 0.6) is 0 Å². The first-order valence-electron chi connectivity index (χ1n) is 18.3. The van der Waals surface area contributed by atoms with Gasteiger partial charge in [-0.1, -0.05) is 114 Å². The van der Waals surface area contributed by atoms with Gasteiger partial charge in [0.05, 0.1) is 5.58 Å². The Kier molecular flexibility index (Phi) is 10.5. The average molecular weight is 898 g/mol. The number of fused-ring (bicyclic) bond motifs is 4. The Bertz CT molecular complexity index is 2930. The van der Waals surface area contributed by atoms with Gasteiger partial charge in [-0.05, 0) is 81.7 Å². The fourth-order valence-electron chi connectivity index (χ4n) is 7.24. The van der Waals surface area contributed by atoms with Crippen molar-refractivity contribution in [2.45, 2.75) is 13.8 Å². The molecule has 0 amide bonds. The number of aryl methyl sites for hydroxylation is 2. The summed E-state index contributed by atoms with van der Waals surface area (Å²) in [6.07, 6.45) is 7.60. The molecule has 56 heavy (non-hydrogen) atoms. The third-order valence-electron chi connectivity index (χ3n) is 9.98. The van der Waals surface area contributed by atoms with Crippen LogP contribution in [0.1, 0.15) is 11.1 Å². The van der Waals surface area contributed by atoms with Gasteiger partial charge in [0.15, 0.2) is 0 Å². The van der Waals surface area contributed by atoms with E-state index in [-0.39, 0.29) is 20.1 Å². The molecule has 0 bridgehead atoms. The molecule has 0 N–H and O–H groups in total. The Labute approximate surface area is 339 Å². The number of hydrogen-bond acceptors (Lipinski definition) is 4. The Morgan fingerprint density at radius 1 is 0.500 bits per heavy atom. The summed E-state index contributed by atoms with van der Waals surface area (Å²) < 4.78 is 6.92. The molecule has 0 fully saturated rings. The number of benzene rings is 6. The number of rotatable bonds is 5. The second kappa shape index (κ2) is 16.1. The molecule has 10 rings (SSSR count). The topological polar surface area (TPSA) is 51.8 Å². The van der Waals surface area contributed by atoms with Crippen LogP contribution in [-0.4, -0.2) is 15.0 Å². The SMILES string of the molecule is Cc1ccc(-c2[c-]cccc2)nc1.Cc1cncc2c(-c3ccc(-c4ccccc4)c4c3oc3c(-c5cc(-c6ccccc6)ccn5)[c-]ccc34)cccc12.[Ir]. The molecule has 4 nitrogen and oxygen atoms in total. The first kappa shape index (κ1) is 36.5. The van der Waals surface area contributed by atoms with E-state index in [1.165, 1.54) is 10.9 Å². The van der Waals surface area contributed by atoms with Gasteiger partial charge in [0.1, 0.15) is 5.58 Å². The summed E-state index contributed by atoms with van der Waals surface area (Å²) in [5.41, 5.74) is 14.3. The molecule has 0 saturated heterocycles. The molecule has 5 heteroatoms. The number of pyridine rings is 3. The summed E-state index contributed by atoms with van der Waals surface area (Å²) in [6.45, 7) is 4.14. The van der Waals surface area contributed by atoms with Crippen LogP contribution >= 0.6 is 0 Å². The van der Waals surface area contributed by atoms with Gasteiger partial charge in [-0.2, -0.15) is 0 Å². The molecule has 4 aromatic heterocycles. The summed E-state index contributed by atoms with van der Waals surface area (Å²) in [7, 11) is 0. The minimum absolute atomic E-state index is 0. The fourth-order valence-corrected chi connectivity index (χ4v) is 7.24. The van der Waals surface area contributed by atoms with Gasteiger partial charge in [0, 0.05) is 61.2 Å². The van der Waals surface area contributed by atoms with Crippen molar-refractivity contribution in [3.8, 4) is 55.9 Å². The number of hydrogen-bond donors (Lipinski definition) is 0. The molecule has 0 aliphatic heterocycles. The van der Waals surface area contributed by atoms with Gasteiger partial charge in [-0.25, -0.2) is 0 Å². The van der Waals surface area contributed by atoms with Crippen LogP contribution in [0.25, 0.3) is 88.6 Å². The molecule has 0 aliphatic carbocycles.